The molecule has 2 rings (SSSR count). The second-order valence-electron chi connectivity index (χ2n) is 6.90. The quantitative estimate of drug-likeness (QED) is 0.899. The fraction of sp³-hybridized carbons (Fsp3) is 0.733. The van der Waals surface area contributed by atoms with Crippen LogP contribution in [0.2, 0.25) is 0 Å². The molecular formula is C15H25N3O2. The van der Waals surface area contributed by atoms with Gasteiger partial charge in [0.1, 0.15) is 5.76 Å². The third-order valence-electron chi connectivity index (χ3n) is 3.81. The number of anilines is 1. The maximum Gasteiger partial charge on any atom is 0.323 e. The molecule has 2 heterocycles. The van der Waals surface area contributed by atoms with Crippen molar-refractivity contribution in [3.05, 3.63) is 11.8 Å². The Morgan fingerprint density at radius 2 is 2.20 bits per heavy atom. The molecule has 1 aromatic rings. The Morgan fingerprint density at radius 1 is 1.50 bits per heavy atom. The van der Waals surface area contributed by atoms with Gasteiger partial charge in [-0.2, -0.15) is 0 Å². The van der Waals surface area contributed by atoms with Crippen LogP contribution in [-0.2, 0) is 5.41 Å². The van der Waals surface area contributed by atoms with Gasteiger partial charge in [-0.1, -0.05) is 39.8 Å². The van der Waals surface area contributed by atoms with Gasteiger partial charge < -0.3 is 9.42 Å². The van der Waals surface area contributed by atoms with E-state index in [1.807, 2.05) is 25.7 Å². The number of hydrogen-bond acceptors (Lipinski definition) is 3. The summed E-state index contributed by atoms with van der Waals surface area (Å²) in [4.78, 5) is 14.2. The van der Waals surface area contributed by atoms with Gasteiger partial charge in [0.25, 0.3) is 0 Å². The van der Waals surface area contributed by atoms with E-state index in [1.165, 1.54) is 0 Å². The predicted molar refractivity (Wildman–Crippen MR) is 78.8 cm³/mol. The van der Waals surface area contributed by atoms with Gasteiger partial charge in [-0.05, 0) is 18.8 Å². The van der Waals surface area contributed by atoms with Crippen molar-refractivity contribution in [1.82, 2.24) is 10.1 Å². The molecule has 0 saturated carbocycles. The maximum absolute atomic E-state index is 12.3. The highest BCUT2D eigenvalue weighted by atomic mass is 16.5. The highest BCUT2D eigenvalue weighted by molar-refractivity contribution is 5.88. The van der Waals surface area contributed by atoms with Crippen LogP contribution in [-0.4, -0.2) is 28.7 Å². The number of amides is 2. The molecule has 5 heteroatoms. The second kappa shape index (κ2) is 5.46. The standard InChI is InChI=1S/C15H25N3O2/c1-10(2)11-7-6-8-18(11)14(19)16-13-9-12(20-17-13)15(3,4)5/h9-11H,6-8H2,1-5H3,(H,16,17,19). The minimum atomic E-state index is -0.107. The van der Waals surface area contributed by atoms with Gasteiger partial charge >= 0.3 is 6.03 Å². The van der Waals surface area contributed by atoms with E-state index in [4.69, 9.17) is 4.52 Å². The van der Waals surface area contributed by atoms with Crippen LogP contribution in [0.25, 0.3) is 0 Å². The van der Waals surface area contributed by atoms with Crippen molar-refractivity contribution in [2.24, 2.45) is 5.92 Å². The summed E-state index contributed by atoms with van der Waals surface area (Å²) in [5.41, 5.74) is -0.107. The zero-order valence-electron chi connectivity index (χ0n) is 13.1. The Bertz CT molecular complexity index is 474. The van der Waals surface area contributed by atoms with E-state index in [0.29, 0.717) is 17.8 Å². The van der Waals surface area contributed by atoms with E-state index in [0.717, 1.165) is 25.1 Å². The van der Waals surface area contributed by atoms with Gasteiger partial charge in [0, 0.05) is 24.1 Å². The first-order chi connectivity index (χ1) is 9.29. The molecular weight excluding hydrogens is 254 g/mol. The molecule has 1 saturated heterocycles. The number of carbonyl (C=O) groups excluding carboxylic acids is 1. The van der Waals surface area contributed by atoms with Crippen molar-refractivity contribution in [2.75, 3.05) is 11.9 Å². The molecule has 20 heavy (non-hydrogen) atoms. The first kappa shape index (κ1) is 14.9. The molecule has 0 aromatic carbocycles. The van der Waals surface area contributed by atoms with Crippen molar-refractivity contribution < 1.29 is 9.32 Å². The fourth-order valence-corrected chi connectivity index (χ4v) is 2.61. The monoisotopic (exact) mass is 279 g/mol. The number of rotatable bonds is 2. The van der Waals surface area contributed by atoms with Crippen LogP contribution in [0.4, 0.5) is 10.6 Å². The molecule has 0 bridgehead atoms. The van der Waals surface area contributed by atoms with Gasteiger partial charge in [0.05, 0.1) is 0 Å². The molecule has 1 aliphatic heterocycles. The Hall–Kier alpha value is -1.52. The van der Waals surface area contributed by atoms with Gasteiger partial charge in [0.2, 0.25) is 0 Å². The van der Waals surface area contributed by atoms with Crippen LogP contribution in [0.5, 0.6) is 0 Å². The number of likely N-dealkylation sites (tertiary alicyclic amines) is 1. The molecule has 0 radical (unpaired) electrons. The molecule has 2 amide bonds. The zero-order valence-corrected chi connectivity index (χ0v) is 13.1. The summed E-state index contributed by atoms with van der Waals surface area (Å²) in [7, 11) is 0. The summed E-state index contributed by atoms with van der Waals surface area (Å²) in [6.45, 7) is 11.3. The topological polar surface area (TPSA) is 58.4 Å². The van der Waals surface area contributed by atoms with Crippen LogP contribution >= 0.6 is 0 Å². The normalized spacial score (nSPS) is 19.7. The smallest absolute Gasteiger partial charge is 0.323 e. The second-order valence-corrected chi connectivity index (χ2v) is 6.90. The van der Waals surface area contributed by atoms with E-state index in [2.05, 4.69) is 24.3 Å². The molecule has 1 N–H and O–H groups in total. The summed E-state index contributed by atoms with van der Waals surface area (Å²) < 4.78 is 5.28. The van der Waals surface area contributed by atoms with Crippen molar-refractivity contribution in [3.8, 4) is 0 Å². The Balaban J connectivity index is 2.03. The van der Waals surface area contributed by atoms with Crippen LogP contribution in [0.3, 0.4) is 0 Å². The Kier molecular flexibility index (Phi) is 4.06. The molecule has 112 valence electrons. The number of carbonyl (C=O) groups is 1. The first-order valence-electron chi connectivity index (χ1n) is 7.34. The summed E-state index contributed by atoms with van der Waals surface area (Å²) in [5.74, 6) is 1.75. The lowest BCUT2D eigenvalue weighted by Gasteiger charge is -2.27. The average Bonchev–Trinajstić information content (AvgIpc) is 2.95. The lowest BCUT2D eigenvalue weighted by molar-refractivity contribution is 0.192. The summed E-state index contributed by atoms with van der Waals surface area (Å²) in [6.07, 6.45) is 2.15. The number of urea groups is 1. The van der Waals surface area contributed by atoms with Crippen molar-refractivity contribution in [1.29, 1.82) is 0 Å². The number of aromatic nitrogens is 1. The van der Waals surface area contributed by atoms with E-state index in [9.17, 15) is 4.79 Å². The molecule has 0 aliphatic carbocycles. The largest absolute Gasteiger partial charge is 0.359 e. The first-order valence-corrected chi connectivity index (χ1v) is 7.34. The van der Waals surface area contributed by atoms with Crippen LogP contribution in [0.15, 0.2) is 10.6 Å². The molecule has 1 fully saturated rings. The van der Waals surface area contributed by atoms with Crippen LogP contribution in [0, 0.1) is 5.92 Å². The third-order valence-corrected chi connectivity index (χ3v) is 3.81. The minimum Gasteiger partial charge on any atom is -0.359 e. The number of nitrogens with one attached hydrogen (secondary N) is 1. The molecule has 1 aromatic heterocycles. The van der Waals surface area contributed by atoms with Crippen molar-refractivity contribution in [3.63, 3.8) is 0 Å². The van der Waals surface area contributed by atoms with E-state index >= 15 is 0 Å². The molecule has 0 spiro atoms. The van der Waals surface area contributed by atoms with E-state index in [-0.39, 0.29) is 11.4 Å². The molecule has 1 unspecified atom stereocenters. The fourth-order valence-electron chi connectivity index (χ4n) is 2.61. The zero-order chi connectivity index (χ0) is 14.9. The van der Waals surface area contributed by atoms with Gasteiger partial charge in [-0.15, -0.1) is 0 Å². The predicted octanol–water partition coefficient (Wildman–Crippen LogP) is 3.62. The Labute approximate surface area is 120 Å². The highest BCUT2D eigenvalue weighted by Gasteiger charge is 2.31. The Morgan fingerprint density at radius 3 is 2.75 bits per heavy atom. The van der Waals surface area contributed by atoms with Gasteiger partial charge in [-0.3, -0.25) is 5.32 Å². The summed E-state index contributed by atoms with van der Waals surface area (Å²) in [5, 5.41) is 6.77. The van der Waals surface area contributed by atoms with Crippen molar-refractivity contribution in [2.45, 2.75) is 58.9 Å². The number of hydrogen-bond donors (Lipinski definition) is 1. The van der Waals surface area contributed by atoms with Crippen molar-refractivity contribution >= 4 is 11.8 Å². The summed E-state index contributed by atoms with van der Waals surface area (Å²) >= 11 is 0. The molecule has 1 atom stereocenters. The van der Waals surface area contributed by atoms with Gasteiger partial charge in [0.15, 0.2) is 5.82 Å². The highest BCUT2D eigenvalue weighted by Crippen LogP contribution is 2.26. The maximum atomic E-state index is 12.3. The molecule has 1 aliphatic rings. The number of nitrogens with zero attached hydrogens (tertiary/aromatic N) is 2. The van der Waals surface area contributed by atoms with E-state index in [1.54, 1.807) is 6.07 Å². The summed E-state index contributed by atoms with van der Waals surface area (Å²) in [6, 6.07) is 2.05. The third kappa shape index (κ3) is 3.14. The average molecular weight is 279 g/mol. The lowest BCUT2D eigenvalue weighted by atomic mass is 9.93. The van der Waals surface area contributed by atoms with Crippen LogP contribution in [0.1, 0.15) is 53.2 Å². The molecule has 5 nitrogen and oxygen atoms in total. The minimum absolute atomic E-state index is 0.0741. The van der Waals surface area contributed by atoms with Crippen LogP contribution < -0.4 is 5.32 Å². The SMILES string of the molecule is CC(C)C1CCCN1C(=O)Nc1cc(C(C)(C)C)on1. The van der Waals surface area contributed by atoms with E-state index < -0.39 is 0 Å². The lowest BCUT2D eigenvalue weighted by Crippen LogP contribution is -2.41. The van der Waals surface area contributed by atoms with Gasteiger partial charge in [-0.25, -0.2) is 4.79 Å².